The highest BCUT2D eigenvalue weighted by molar-refractivity contribution is 5.54. The number of hydrogen-bond donors (Lipinski definition) is 0. The molecule has 1 saturated carbocycles. The average Bonchev–Trinajstić information content (AvgIpc) is 3.20. The van der Waals surface area contributed by atoms with Crippen molar-refractivity contribution in [2.45, 2.75) is 52.4 Å². The highest BCUT2D eigenvalue weighted by Gasteiger charge is 2.29. The number of aromatic nitrogens is 2. The van der Waals surface area contributed by atoms with Crippen LogP contribution in [0.3, 0.4) is 0 Å². The van der Waals surface area contributed by atoms with Gasteiger partial charge in [-0.25, -0.2) is 0 Å². The van der Waals surface area contributed by atoms with Crippen molar-refractivity contribution in [3.8, 4) is 11.4 Å². The maximum absolute atomic E-state index is 5.26. The number of hydrogen-bond acceptors (Lipinski definition) is 3. The first-order valence-corrected chi connectivity index (χ1v) is 7.29. The SMILES string of the molecule is CC.CCCc1ccc(-c2noc(C3CC3)n2)cc1. The van der Waals surface area contributed by atoms with Gasteiger partial charge in [0.2, 0.25) is 11.7 Å². The normalized spacial score (nSPS) is 13.8. The second-order valence-corrected chi connectivity index (χ2v) is 4.68. The van der Waals surface area contributed by atoms with Crippen LogP contribution < -0.4 is 0 Å². The van der Waals surface area contributed by atoms with Crippen molar-refractivity contribution in [2.75, 3.05) is 0 Å². The summed E-state index contributed by atoms with van der Waals surface area (Å²) < 4.78 is 5.26. The van der Waals surface area contributed by atoms with Crippen LogP contribution in [-0.4, -0.2) is 10.1 Å². The van der Waals surface area contributed by atoms with Crippen LogP contribution in [0.25, 0.3) is 11.4 Å². The van der Waals surface area contributed by atoms with Crippen LogP contribution in [0.5, 0.6) is 0 Å². The summed E-state index contributed by atoms with van der Waals surface area (Å²) in [6.45, 7) is 6.19. The lowest BCUT2D eigenvalue weighted by Gasteiger charge is -1.99. The molecule has 3 nitrogen and oxygen atoms in total. The van der Waals surface area contributed by atoms with Crippen molar-refractivity contribution in [1.82, 2.24) is 10.1 Å². The van der Waals surface area contributed by atoms with Crippen LogP contribution >= 0.6 is 0 Å². The van der Waals surface area contributed by atoms with E-state index in [4.69, 9.17) is 4.52 Å². The molecule has 1 heterocycles. The van der Waals surface area contributed by atoms with Crippen molar-refractivity contribution in [3.63, 3.8) is 0 Å². The smallest absolute Gasteiger partial charge is 0.230 e. The summed E-state index contributed by atoms with van der Waals surface area (Å²) in [5, 5.41) is 4.04. The lowest BCUT2D eigenvalue weighted by atomic mass is 10.1. The van der Waals surface area contributed by atoms with E-state index in [9.17, 15) is 0 Å². The second kappa shape index (κ2) is 6.50. The van der Waals surface area contributed by atoms with E-state index in [1.165, 1.54) is 24.8 Å². The molecule has 0 atom stereocenters. The molecule has 0 saturated heterocycles. The van der Waals surface area contributed by atoms with Gasteiger partial charge in [-0.1, -0.05) is 56.6 Å². The fraction of sp³-hybridized carbons (Fsp3) is 0.500. The zero-order chi connectivity index (χ0) is 13.7. The van der Waals surface area contributed by atoms with Gasteiger partial charge < -0.3 is 4.52 Å². The van der Waals surface area contributed by atoms with Gasteiger partial charge in [-0.05, 0) is 24.8 Å². The third-order valence-electron chi connectivity index (χ3n) is 3.12. The Morgan fingerprint density at radius 3 is 2.42 bits per heavy atom. The molecule has 3 heteroatoms. The number of rotatable bonds is 4. The highest BCUT2D eigenvalue weighted by Crippen LogP contribution is 2.39. The predicted molar refractivity (Wildman–Crippen MR) is 77.1 cm³/mol. The molecule has 1 aliphatic carbocycles. The van der Waals surface area contributed by atoms with Gasteiger partial charge in [0.05, 0.1) is 0 Å². The van der Waals surface area contributed by atoms with Crippen molar-refractivity contribution < 1.29 is 4.52 Å². The van der Waals surface area contributed by atoms with Crippen LogP contribution in [0, 0.1) is 0 Å². The molecule has 102 valence electrons. The zero-order valence-electron chi connectivity index (χ0n) is 12.0. The molecule has 19 heavy (non-hydrogen) atoms. The first kappa shape index (κ1) is 13.8. The average molecular weight is 258 g/mol. The van der Waals surface area contributed by atoms with Gasteiger partial charge in [-0.15, -0.1) is 0 Å². The molecular weight excluding hydrogens is 236 g/mol. The molecule has 0 bridgehead atoms. The Morgan fingerprint density at radius 2 is 1.84 bits per heavy atom. The van der Waals surface area contributed by atoms with Gasteiger partial charge in [0.1, 0.15) is 0 Å². The number of nitrogens with zero attached hydrogens (tertiary/aromatic N) is 2. The molecule has 0 N–H and O–H groups in total. The molecule has 0 amide bonds. The van der Waals surface area contributed by atoms with Crippen molar-refractivity contribution >= 4 is 0 Å². The van der Waals surface area contributed by atoms with E-state index in [1.807, 2.05) is 13.8 Å². The summed E-state index contributed by atoms with van der Waals surface area (Å²) in [7, 11) is 0. The van der Waals surface area contributed by atoms with Crippen molar-refractivity contribution in [1.29, 1.82) is 0 Å². The van der Waals surface area contributed by atoms with Gasteiger partial charge in [0.15, 0.2) is 0 Å². The molecule has 1 fully saturated rings. The number of aryl methyl sites for hydroxylation is 1. The maximum Gasteiger partial charge on any atom is 0.230 e. The van der Waals surface area contributed by atoms with Crippen LogP contribution in [0.4, 0.5) is 0 Å². The molecule has 0 aliphatic heterocycles. The Hall–Kier alpha value is -1.64. The molecule has 1 aliphatic rings. The molecule has 1 aromatic carbocycles. The topological polar surface area (TPSA) is 38.9 Å². The molecule has 2 aromatic rings. The van der Waals surface area contributed by atoms with Gasteiger partial charge in [0, 0.05) is 11.5 Å². The lowest BCUT2D eigenvalue weighted by molar-refractivity contribution is 0.380. The summed E-state index contributed by atoms with van der Waals surface area (Å²) in [4.78, 5) is 4.44. The number of benzene rings is 1. The van der Waals surface area contributed by atoms with E-state index in [2.05, 4.69) is 41.3 Å². The third kappa shape index (κ3) is 3.43. The fourth-order valence-corrected chi connectivity index (χ4v) is 1.96. The van der Waals surface area contributed by atoms with E-state index in [-0.39, 0.29) is 0 Å². The van der Waals surface area contributed by atoms with Crippen molar-refractivity contribution in [2.24, 2.45) is 0 Å². The zero-order valence-corrected chi connectivity index (χ0v) is 12.0. The summed E-state index contributed by atoms with van der Waals surface area (Å²) in [5.41, 5.74) is 2.41. The Bertz CT molecular complexity index is 498. The van der Waals surface area contributed by atoms with Crippen LogP contribution in [0.1, 0.15) is 57.4 Å². The minimum atomic E-state index is 0.524. The van der Waals surface area contributed by atoms with E-state index in [1.54, 1.807) is 0 Å². The molecular formula is C16H22N2O. The monoisotopic (exact) mass is 258 g/mol. The third-order valence-corrected chi connectivity index (χ3v) is 3.12. The first-order valence-electron chi connectivity index (χ1n) is 7.29. The highest BCUT2D eigenvalue weighted by atomic mass is 16.5. The molecule has 3 rings (SSSR count). The summed E-state index contributed by atoms with van der Waals surface area (Å²) in [6, 6.07) is 8.44. The quantitative estimate of drug-likeness (QED) is 0.805. The van der Waals surface area contributed by atoms with Gasteiger partial charge in [0.25, 0.3) is 0 Å². The molecule has 1 aromatic heterocycles. The summed E-state index contributed by atoms with van der Waals surface area (Å²) in [6.07, 6.45) is 4.68. The fourth-order valence-electron chi connectivity index (χ4n) is 1.96. The molecule has 0 unspecified atom stereocenters. The standard InChI is InChI=1S/C14H16N2O.C2H6/c1-2-3-10-4-6-11(7-5-10)13-15-14(17-16-13)12-8-9-12;1-2/h4-7,12H,2-3,8-9H2,1H3;1-2H3. The van der Waals surface area contributed by atoms with Crippen molar-refractivity contribution in [3.05, 3.63) is 35.7 Å². The van der Waals surface area contributed by atoms with Crippen LogP contribution in [0.2, 0.25) is 0 Å². The first-order chi connectivity index (χ1) is 9.36. The van der Waals surface area contributed by atoms with Crippen LogP contribution in [0.15, 0.2) is 28.8 Å². The van der Waals surface area contributed by atoms with E-state index < -0.39 is 0 Å². The second-order valence-electron chi connectivity index (χ2n) is 4.68. The lowest BCUT2D eigenvalue weighted by Crippen LogP contribution is -1.85. The van der Waals surface area contributed by atoms with Gasteiger partial charge in [-0.3, -0.25) is 0 Å². The minimum Gasteiger partial charge on any atom is -0.339 e. The van der Waals surface area contributed by atoms with E-state index in [0.717, 1.165) is 23.7 Å². The molecule has 0 radical (unpaired) electrons. The van der Waals surface area contributed by atoms with E-state index in [0.29, 0.717) is 5.92 Å². The van der Waals surface area contributed by atoms with Crippen LogP contribution in [-0.2, 0) is 6.42 Å². The largest absolute Gasteiger partial charge is 0.339 e. The van der Waals surface area contributed by atoms with E-state index >= 15 is 0 Å². The Labute approximate surface area is 115 Å². The Kier molecular flexibility index (Phi) is 4.72. The van der Waals surface area contributed by atoms with Gasteiger partial charge in [-0.2, -0.15) is 4.98 Å². The Morgan fingerprint density at radius 1 is 1.16 bits per heavy atom. The summed E-state index contributed by atoms with van der Waals surface area (Å²) >= 11 is 0. The predicted octanol–water partition coefficient (Wildman–Crippen LogP) is 4.59. The maximum atomic E-state index is 5.26. The summed E-state index contributed by atoms with van der Waals surface area (Å²) in [5.74, 6) is 2.04. The van der Waals surface area contributed by atoms with Gasteiger partial charge >= 0.3 is 0 Å². The minimum absolute atomic E-state index is 0.524. The molecule has 0 spiro atoms. The Balaban J connectivity index is 0.000000637.